The van der Waals surface area contributed by atoms with Crippen molar-refractivity contribution < 1.29 is 4.79 Å². The summed E-state index contributed by atoms with van der Waals surface area (Å²) in [5.74, 6) is 2.45. The maximum atomic E-state index is 10.9. The molecule has 0 bridgehead atoms. The molecule has 0 radical (unpaired) electrons. The van der Waals surface area contributed by atoms with E-state index < -0.39 is 0 Å². The van der Waals surface area contributed by atoms with E-state index in [2.05, 4.69) is 25.5 Å². The second kappa shape index (κ2) is 6.40. The fraction of sp³-hybridized carbons (Fsp3) is 0.615. The topological polar surface area (TPSA) is 96.2 Å². The Morgan fingerprint density at radius 3 is 2.75 bits per heavy atom. The van der Waals surface area contributed by atoms with Crippen LogP contribution in [0, 0.1) is 5.92 Å². The first-order chi connectivity index (χ1) is 9.58. The Morgan fingerprint density at radius 1 is 1.45 bits per heavy atom. The molecule has 110 valence electrons. The predicted molar refractivity (Wildman–Crippen MR) is 79.6 cm³/mol. The van der Waals surface area contributed by atoms with E-state index in [9.17, 15) is 4.79 Å². The van der Waals surface area contributed by atoms with E-state index in [4.69, 9.17) is 5.73 Å². The van der Waals surface area contributed by atoms with Gasteiger partial charge >= 0.3 is 0 Å². The summed E-state index contributed by atoms with van der Waals surface area (Å²) in [6, 6.07) is 1.91. The molecule has 0 spiro atoms. The number of anilines is 3. The van der Waals surface area contributed by atoms with Gasteiger partial charge in [-0.25, -0.2) is 0 Å². The molecule has 1 aliphatic rings. The lowest BCUT2D eigenvalue weighted by Gasteiger charge is -2.33. The first kappa shape index (κ1) is 14.4. The lowest BCUT2D eigenvalue weighted by Crippen LogP contribution is -2.38. The lowest BCUT2D eigenvalue weighted by molar-refractivity contribution is -0.119. The number of nitrogens with two attached hydrogens (primary N) is 1. The van der Waals surface area contributed by atoms with E-state index in [0.29, 0.717) is 5.92 Å². The van der Waals surface area contributed by atoms with Crippen molar-refractivity contribution in [2.45, 2.75) is 19.8 Å². The number of nitrogens with zero attached hydrogens (tertiary/aromatic N) is 3. The monoisotopic (exact) mass is 278 g/mol. The summed E-state index contributed by atoms with van der Waals surface area (Å²) in [6.07, 6.45) is 2.08. The fourth-order valence-corrected chi connectivity index (χ4v) is 2.40. The van der Waals surface area contributed by atoms with E-state index >= 15 is 0 Å². The first-order valence-corrected chi connectivity index (χ1v) is 6.90. The average molecular weight is 278 g/mol. The Bertz CT molecular complexity index is 470. The van der Waals surface area contributed by atoms with Crippen molar-refractivity contribution in [3.8, 4) is 0 Å². The van der Waals surface area contributed by atoms with Crippen molar-refractivity contribution in [1.29, 1.82) is 0 Å². The minimum Gasteiger partial charge on any atom is -0.373 e. The van der Waals surface area contributed by atoms with Crippen LogP contribution in [0.15, 0.2) is 6.07 Å². The SMILES string of the molecule is CNc1cc(N2CCC(CNC(C)=O)CC2)nc(N)n1. The van der Waals surface area contributed by atoms with Crippen LogP contribution in [0.1, 0.15) is 19.8 Å². The third-order valence-electron chi connectivity index (χ3n) is 3.56. The minimum absolute atomic E-state index is 0.0367. The number of carbonyl (C=O) groups excluding carboxylic acids is 1. The summed E-state index contributed by atoms with van der Waals surface area (Å²) >= 11 is 0. The normalized spacial score (nSPS) is 16.0. The molecule has 1 aliphatic heterocycles. The summed E-state index contributed by atoms with van der Waals surface area (Å²) in [5.41, 5.74) is 5.71. The molecule has 1 aromatic rings. The standard InChI is InChI=1S/C13H22N6O/c1-9(20)16-8-10-3-5-19(6-4-10)12-7-11(15-2)17-13(14)18-12/h7,10H,3-6,8H2,1-2H3,(H,16,20)(H3,14,15,17,18). The minimum atomic E-state index is 0.0367. The molecule has 1 amide bonds. The number of hydrogen-bond donors (Lipinski definition) is 3. The molecule has 0 atom stereocenters. The molecular weight excluding hydrogens is 256 g/mol. The molecule has 0 aromatic carbocycles. The molecule has 2 heterocycles. The third-order valence-corrected chi connectivity index (χ3v) is 3.56. The Morgan fingerprint density at radius 2 is 2.15 bits per heavy atom. The molecule has 7 nitrogen and oxygen atoms in total. The summed E-state index contributed by atoms with van der Waals surface area (Å²) in [7, 11) is 1.81. The molecule has 0 unspecified atom stereocenters. The maximum absolute atomic E-state index is 10.9. The summed E-state index contributed by atoms with van der Waals surface area (Å²) < 4.78 is 0. The Labute approximate surface area is 119 Å². The molecule has 7 heteroatoms. The second-order valence-corrected chi connectivity index (χ2v) is 5.09. The molecule has 4 N–H and O–H groups in total. The third kappa shape index (κ3) is 3.72. The van der Waals surface area contributed by atoms with Gasteiger partial charge in [-0.1, -0.05) is 0 Å². The van der Waals surface area contributed by atoms with Crippen LogP contribution in [-0.2, 0) is 4.79 Å². The van der Waals surface area contributed by atoms with Gasteiger partial charge in [0.15, 0.2) is 0 Å². The van der Waals surface area contributed by atoms with Gasteiger partial charge in [0, 0.05) is 39.7 Å². The van der Waals surface area contributed by atoms with Crippen molar-refractivity contribution in [2.24, 2.45) is 5.92 Å². The van der Waals surface area contributed by atoms with Crippen LogP contribution < -0.4 is 21.3 Å². The van der Waals surface area contributed by atoms with E-state index in [0.717, 1.165) is 44.1 Å². The van der Waals surface area contributed by atoms with Crippen LogP contribution in [0.25, 0.3) is 0 Å². The zero-order valence-corrected chi connectivity index (χ0v) is 12.0. The number of aromatic nitrogens is 2. The van der Waals surface area contributed by atoms with Crippen LogP contribution in [0.5, 0.6) is 0 Å². The van der Waals surface area contributed by atoms with E-state index in [1.165, 1.54) is 0 Å². The number of nitrogens with one attached hydrogen (secondary N) is 2. The molecule has 1 saturated heterocycles. The quantitative estimate of drug-likeness (QED) is 0.740. The maximum Gasteiger partial charge on any atom is 0.223 e. The van der Waals surface area contributed by atoms with Gasteiger partial charge in [-0.05, 0) is 18.8 Å². The Kier molecular flexibility index (Phi) is 4.60. The highest BCUT2D eigenvalue weighted by molar-refractivity contribution is 5.72. The van der Waals surface area contributed by atoms with Crippen LogP contribution in [0.3, 0.4) is 0 Å². The summed E-state index contributed by atoms with van der Waals surface area (Å²) in [6.45, 7) is 4.16. The van der Waals surface area contributed by atoms with Gasteiger partial charge < -0.3 is 21.3 Å². The largest absolute Gasteiger partial charge is 0.373 e. The molecule has 20 heavy (non-hydrogen) atoms. The highest BCUT2D eigenvalue weighted by Gasteiger charge is 2.21. The van der Waals surface area contributed by atoms with Crippen molar-refractivity contribution in [3.05, 3.63) is 6.07 Å². The fourth-order valence-electron chi connectivity index (χ4n) is 2.40. The predicted octanol–water partition coefficient (Wildman–Crippen LogP) is 0.453. The Hall–Kier alpha value is -2.05. The summed E-state index contributed by atoms with van der Waals surface area (Å²) in [4.78, 5) is 21.5. The van der Waals surface area contributed by atoms with Gasteiger partial charge in [-0.15, -0.1) is 0 Å². The molecule has 2 rings (SSSR count). The molecular formula is C13H22N6O. The van der Waals surface area contributed by atoms with Gasteiger partial charge in [-0.2, -0.15) is 9.97 Å². The van der Waals surface area contributed by atoms with E-state index in [-0.39, 0.29) is 11.9 Å². The number of rotatable bonds is 4. The van der Waals surface area contributed by atoms with E-state index in [1.54, 1.807) is 6.92 Å². The van der Waals surface area contributed by atoms with Crippen molar-refractivity contribution >= 4 is 23.5 Å². The van der Waals surface area contributed by atoms with Gasteiger partial charge in [0.1, 0.15) is 11.6 Å². The highest BCUT2D eigenvalue weighted by Crippen LogP contribution is 2.23. The summed E-state index contributed by atoms with van der Waals surface area (Å²) in [5, 5.41) is 5.87. The average Bonchev–Trinajstić information content (AvgIpc) is 2.45. The van der Waals surface area contributed by atoms with Crippen LogP contribution in [0.2, 0.25) is 0 Å². The van der Waals surface area contributed by atoms with Gasteiger partial charge in [0.2, 0.25) is 11.9 Å². The highest BCUT2D eigenvalue weighted by atomic mass is 16.1. The Balaban J connectivity index is 1.93. The second-order valence-electron chi connectivity index (χ2n) is 5.09. The van der Waals surface area contributed by atoms with Crippen LogP contribution >= 0.6 is 0 Å². The smallest absolute Gasteiger partial charge is 0.223 e. The van der Waals surface area contributed by atoms with E-state index in [1.807, 2.05) is 13.1 Å². The van der Waals surface area contributed by atoms with Gasteiger partial charge in [-0.3, -0.25) is 4.79 Å². The number of amides is 1. The number of carbonyl (C=O) groups is 1. The number of piperidine rings is 1. The van der Waals surface area contributed by atoms with Crippen molar-refractivity contribution in [2.75, 3.05) is 42.6 Å². The molecule has 1 fully saturated rings. The lowest BCUT2D eigenvalue weighted by atomic mass is 9.97. The van der Waals surface area contributed by atoms with Gasteiger partial charge in [0.05, 0.1) is 0 Å². The zero-order valence-electron chi connectivity index (χ0n) is 12.0. The first-order valence-electron chi connectivity index (χ1n) is 6.90. The molecule has 0 aliphatic carbocycles. The van der Waals surface area contributed by atoms with Crippen LogP contribution in [-0.4, -0.2) is 42.6 Å². The molecule has 1 aromatic heterocycles. The number of nitrogen functional groups attached to an aromatic ring is 1. The van der Waals surface area contributed by atoms with Crippen molar-refractivity contribution in [3.63, 3.8) is 0 Å². The van der Waals surface area contributed by atoms with Crippen molar-refractivity contribution in [1.82, 2.24) is 15.3 Å². The zero-order chi connectivity index (χ0) is 14.5. The molecule has 0 saturated carbocycles. The van der Waals surface area contributed by atoms with Gasteiger partial charge in [0.25, 0.3) is 0 Å². The van der Waals surface area contributed by atoms with Crippen LogP contribution in [0.4, 0.5) is 17.6 Å². The number of hydrogen-bond acceptors (Lipinski definition) is 6.